The monoisotopic (exact) mass is 186 g/mol. The van der Waals surface area contributed by atoms with Crippen LogP contribution in [0.15, 0.2) is 36.4 Å². The summed E-state index contributed by atoms with van der Waals surface area (Å²) in [7, 11) is 1.61. The number of hydrogen-bond acceptors (Lipinski definition) is 2. The molecule has 0 atom stereocenters. The van der Waals surface area contributed by atoms with Crippen molar-refractivity contribution in [1.82, 2.24) is 0 Å². The second-order valence-corrected chi connectivity index (χ2v) is 3.02. The van der Waals surface area contributed by atoms with Gasteiger partial charge in [0.1, 0.15) is 5.75 Å². The molecule has 0 heterocycles. The molecule has 0 fully saturated rings. The SMILES string of the molecule is COc1cccc2cccc(C=O)c12. The highest BCUT2D eigenvalue weighted by Gasteiger charge is 2.04. The van der Waals surface area contributed by atoms with Gasteiger partial charge in [-0.1, -0.05) is 30.3 Å². The van der Waals surface area contributed by atoms with Crippen molar-refractivity contribution in [2.24, 2.45) is 0 Å². The van der Waals surface area contributed by atoms with Gasteiger partial charge in [0.2, 0.25) is 0 Å². The average Bonchev–Trinajstić information content (AvgIpc) is 2.27. The topological polar surface area (TPSA) is 26.3 Å². The molecule has 2 aromatic carbocycles. The third-order valence-corrected chi connectivity index (χ3v) is 2.25. The summed E-state index contributed by atoms with van der Waals surface area (Å²) < 4.78 is 5.21. The number of benzene rings is 2. The minimum absolute atomic E-state index is 0.667. The van der Waals surface area contributed by atoms with E-state index in [1.54, 1.807) is 13.2 Å². The average molecular weight is 186 g/mol. The van der Waals surface area contributed by atoms with Gasteiger partial charge in [0, 0.05) is 10.9 Å². The van der Waals surface area contributed by atoms with Crippen molar-refractivity contribution in [3.63, 3.8) is 0 Å². The predicted molar refractivity (Wildman–Crippen MR) is 55.9 cm³/mol. The van der Waals surface area contributed by atoms with Crippen molar-refractivity contribution in [2.75, 3.05) is 7.11 Å². The van der Waals surface area contributed by atoms with E-state index in [4.69, 9.17) is 4.74 Å². The first-order chi connectivity index (χ1) is 6.86. The zero-order valence-corrected chi connectivity index (χ0v) is 7.86. The maximum absolute atomic E-state index is 10.8. The van der Waals surface area contributed by atoms with Crippen LogP contribution < -0.4 is 4.74 Å². The van der Waals surface area contributed by atoms with Crippen LogP contribution in [0.4, 0.5) is 0 Å². The third kappa shape index (κ3) is 1.25. The molecule has 0 N–H and O–H groups in total. The summed E-state index contributed by atoms with van der Waals surface area (Å²) >= 11 is 0. The van der Waals surface area contributed by atoms with Crippen LogP contribution in [0.1, 0.15) is 10.4 Å². The minimum atomic E-state index is 0.667. The van der Waals surface area contributed by atoms with E-state index in [-0.39, 0.29) is 0 Å². The zero-order chi connectivity index (χ0) is 9.97. The lowest BCUT2D eigenvalue weighted by Gasteiger charge is -2.06. The largest absolute Gasteiger partial charge is 0.496 e. The molecule has 0 radical (unpaired) electrons. The van der Waals surface area contributed by atoms with E-state index in [1.165, 1.54) is 0 Å². The van der Waals surface area contributed by atoms with Gasteiger partial charge in [0.05, 0.1) is 7.11 Å². The molecule has 14 heavy (non-hydrogen) atoms. The fourth-order valence-electron chi connectivity index (χ4n) is 1.60. The summed E-state index contributed by atoms with van der Waals surface area (Å²) in [5.41, 5.74) is 0.667. The molecule has 2 rings (SSSR count). The Morgan fingerprint density at radius 1 is 1.14 bits per heavy atom. The number of rotatable bonds is 2. The molecule has 0 amide bonds. The number of fused-ring (bicyclic) bond motifs is 1. The Bertz CT molecular complexity index is 469. The Morgan fingerprint density at radius 3 is 2.50 bits per heavy atom. The predicted octanol–water partition coefficient (Wildman–Crippen LogP) is 2.66. The maximum Gasteiger partial charge on any atom is 0.150 e. The lowest BCUT2D eigenvalue weighted by Crippen LogP contribution is -1.89. The molecule has 0 aliphatic rings. The van der Waals surface area contributed by atoms with Crippen molar-refractivity contribution >= 4 is 17.1 Å². The van der Waals surface area contributed by atoms with Gasteiger partial charge in [-0.05, 0) is 11.5 Å². The van der Waals surface area contributed by atoms with Gasteiger partial charge in [-0.15, -0.1) is 0 Å². The molecule has 0 spiro atoms. The molecule has 0 bridgehead atoms. The molecular weight excluding hydrogens is 176 g/mol. The lowest BCUT2D eigenvalue weighted by atomic mass is 10.0. The van der Waals surface area contributed by atoms with Gasteiger partial charge in [-0.25, -0.2) is 0 Å². The number of methoxy groups -OCH3 is 1. The quantitative estimate of drug-likeness (QED) is 0.674. The maximum atomic E-state index is 10.8. The minimum Gasteiger partial charge on any atom is -0.496 e. The third-order valence-electron chi connectivity index (χ3n) is 2.25. The van der Waals surface area contributed by atoms with E-state index in [1.807, 2.05) is 30.3 Å². The molecule has 0 aliphatic carbocycles. The van der Waals surface area contributed by atoms with Crippen LogP contribution in [0, 0.1) is 0 Å². The van der Waals surface area contributed by atoms with Crippen molar-refractivity contribution in [3.8, 4) is 5.75 Å². The molecule has 70 valence electrons. The summed E-state index contributed by atoms with van der Waals surface area (Å²) in [5.74, 6) is 0.741. The van der Waals surface area contributed by atoms with E-state index in [9.17, 15) is 4.79 Å². The summed E-state index contributed by atoms with van der Waals surface area (Å²) in [4.78, 5) is 10.8. The van der Waals surface area contributed by atoms with Crippen LogP contribution in [0.3, 0.4) is 0 Å². The second kappa shape index (κ2) is 3.50. The fraction of sp³-hybridized carbons (Fsp3) is 0.0833. The molecule has 0 saturated carbocycles. The Kier molecular flexibility index (Phi) is 2.19. The Balaban J connectivity index is 2.88. The summed E-state index contributed by atoms with van der Waals surface area (Å²) in [5, 5.41) is 1.90. The van der Waals surface area contributed by atoms with E-state index < -0.39 is 0 Å². The van der Waals surface area contributed by atoms with Crippen molar-refractivity contribution in [1.29, 1.82) is 0 Å². The first-order valence-corrected chi connectivity index (χ1v) is 4.37. The summed E-state index contributed by atoms with van der Waals surface area (Å²) in [6.45, 7) is 0. The number of carbonyl (C=O) groups excluding carboxylic acids is 1. The Hall–Kier alpha value is -1.83. The number of aldehydes is 1. The molecular formula is C12H10O2. The smallest absolute Gasteiger partial charge is 0.150 e. The van der Waals surface area contributed by atoms with Crippen molar-refractivity contribution in [2.45, 2.75) is 0 Å². The summed E-state index contributed by atoms with van der Waals surface area (Å²) in [6.07, 6.45) is 0.852. The molecule has 0 unspecified atom stereocenters. The highest BCUT2D eigenvalue weighted by molar-refractivity contribution is 6.01. The molecule has 0 aromatic heterocycles. The number of hydrogen-bond donors (Lipinski definition) is 0. The van der Waals surface area contributed by atoms with Crippen LogP contribution in [-0.2, 0) is 0 Å². The van der Waals surface area contributed by atoms with Crippen LogP contribution in [0.5, 0.6) is 5.75 Å². The standard InChI is InChI=1S/C12H10O2/c1-14-11-7-3-5-9-4-2-6-10(8-13)12(9)11/h2-8H,1H3. The molecule has 0 saturated heterocycles. The highest BCUT2D eigenvalue weighted by atomic mass is 16.5. The van der Waals surface area contributed by atoms with E-state index in [0.717, 1.165) is 22.8 Å². The molecule has 2 nitrogen and oxygen atoms in total. The highest BCUT2D eigenvalue weighted by Crippen LogP contribution is 2.27. The molecule has 0 aliphatic heterocycles. The molecule has 2 heteroatoms. The normalized spacial score (nSPS) is 10.1. The number of ether oxygens (including phenoxy) is 1. The van der Waals surface area contributed by atoms with Gasteiger partial charge in [0.15, 0.2) is 6.29 Å². The van der Waals surface area contributed by atoms with Crippen molar-refractivity contribution < 1.29 is 9.53 Å². The van der Waals surface area contributed by atoms with E-state index >= 15 is 0 Å². The van der Waals surface area contributed by atoms with Crippen LogP contribution in [0.25, 0.3) is 10.8 Å². The van der Waals surface area contributed by atoms with Crippen LogP contribution >= 0.6 is 0 Å². The Morgan fingerprint density at radius 2 is 1.86 bits per heavy atom. The number of carbonyl (C=O) groups is 1. The van der Waals surface area contributed by atoms with E-state index in [2.05, 4.69) is 0 Å². The molecule has 2 aromatic rings. The van der Waals surface area contributed by atoms with Gasteiger partial charge in [-0.2, -0.15) is 0 Å². The fourth-order valence-corrected chi connectivity index (χ4v) is 1.60. The van der Waals surface area contributed by atoms with Crippen LogP contribution in [-0.4, -0.2) is 13.4 Å². The second-order valence-electron chi connectivity index (χ2n) is 3.02. The van der Waals surface area contributed by atoms with Gasteiger partial charge >= 0.3 is 0 Å². The van der Waals surface area contributed by atoms with Gasteiger partial charge < -0.3 is 4.74 Å². The van der Waals surface area contributed by atoms with Crippen LogP contribution in [0.2, 0.25) is 0 Å². The van der Waals surface area contributed by atoms with Gasteiger partial charge in [-0.3, -0.25) is 4.79 Å². The van der Waals surface area contributed by atoms with Crippen molar-refractivity contribution in [3.05, 3.63) is 42.0 Å². The van der Waals surface area contributed by atoms with Gasteiger partial charge in [0.25, 0.3) is 0 Å². The first kappa shape index (κ1) is 8.75. The summed E-state index contributed by atoms with van der Waals surface area (Å²) in [6, 6.07) is 11.4. The lowest BCUT2D eigenvalue weighted by molar-refractivity contribution is 0.112. The zero-order valence-electron chi connectivity index (χ0n) is 7.86. The van der Waals surface area contributed by atoms with E-state index in [0.29, 0.717) is 5.56 Å². The first-order valence-electron chi connectivity index (χ1n) is 4.37. The Labute approximate surface area is 82.1 Å².